The van der Waals surface area contributed by atoms with Crippen LogP contribution in [0.1, 0.15) is 50.2 Å². The minimum atomic E-state index is -1.10. The third-order valence-electron chi connectivity index (χ3n) is 5.84. The molecule has 11 N–H and O–H groups in total. The van der Waals surface area contributed by atoms with Crippen molar-refractivity contribution in [2.75, 3.05) is 20.6 Å². The largest absolute Gasteiger partial charge is 0.384 e. The molecule has 0 spiro atoms. The van der Waals surface area contributed by atoms with Crippen molar-refractivity contribution in [3.8, 4) is 0 Å². The fourth-order valence-corrected chi connectivity index (χ4v) is 3.67. The number of hydrogen-bond acceptors (Lipinski definition) is 6. The molecular weight excluding hydrogens is 490 g/mol. The second-order valence-corrected chi connectivity index (χ2v) is 9.22. The molecule has 0 aliphatic rings. The Balaban J connectivity index is 3.05. The molecule has 0 radical (unpaired) electrons. The number of primary amides is 1. The zero-order valence-corrected chi connectivity index (χ0v) is 22.3. The van der Waals surface area contributed by atoms with E-state index in [4.69, 9.17) is 28.3 Å². The van der Waals surface area contributed by atoms with Crippen molar-refractivity contribution in [3.63, 3.8) is 0 Å². The first-order chi connectivity index (χ1) is 17.9. The van der Waals surface area contributed by atoms with E-state index in [1.165, 1.54) is 4.90 Å². The quantitative estimate of drug-likeness (QED) is 0.0602. The van der Waals surface area contributed by atoms with Gasteiger partial charge in [0, 0.05) is 26.2 Å². The molecule has 1 rings (SSSR count). The maximum absolute atomic E-state index is 13.3. The van der Waals surface area contributed by atoms with E-state index in [2.05, 4.69) is 15.6 Å². The first-order valence-corrected chi connectivity index (χ1v) is 12.5. The van der Waals surface area contributed by atoms with Gasteiger partial charge in [-0.2, -0.15) is 0 Å². The average molecular weight is 532 g/mol. The molecule has 0 saturated heterocycles. The summed E-state index contributed by atoms with van der Waals surface area (Å²) in [6, 6.07) is 4.72. The number of nitrogens with zero attached hydrogens (tertiary/aromatic N) is 2. The maximum atomic E-state index is 13.3. The third-order valence-corrected chi connectivity index (χ3v) is 5.84. The van der Waals surface area contributed by atoms with E-state index in [0.29, 0.717) is 30.4 Å². The van der Waals surface area contributed by atoms with E-state index in [9.17, 15) is 19.2 Å². The van der Waals surface area contributed by atoms with Gasteiger partial charge in [-0.15, -0.1) is 0 Å². The minimum absolute atomic E-state index is 0.0800. The number of rotatable bonds is 16. The van der Waals surface area contributed by atoms with E-state index in [1.54, 1.807) is 38.4 Å². The topological polar surface area (TPSA) is 236 Å². The van der Waals surface area contributed by atoms with Crippen molar-refractivity contribution in [3.05, 3.63) is 35.4 Å². The Labute approximate surface area is 223 Å². The summed E-state index contributed by atoms with van der Waals surface area (Å²) >= 11 is 0. The number of carbonyl (C=O) groups is 4. The number of unbranched alkanes of at least 4 members (excludes halogenated alkanes) is 1. The summed E-state index contributed by atoms with van der Waals surface area (Å²) in [7, 11) is 3.09. The molecule has 4 amide bonds. The van der Waals surface area contributed by atoms with E-state index in [0.717, 1.165) is 6.42 Å². The number of aliphatic imine (C=N–C) groups is 1. The number of nitrogen functional groups attached to an aromatic ring is 1. The van der Waals surface area contributed by atoms with Gasteiger partial charge in [-0.05, 0) is 31.2 Å². The molecule has 1 aromatic carbocycles. The highest BCUT2D eigenvalue weighted by Crippen LogP contribution is 2.14. The Bertz CT molecular complexity index is 1000. The second kappa shape index (κ2) is 15.8. The Kier molecular flexibility index (Phi) is 13.3. The highest BCUT2D eigenvalue weighted by Gasteiger charge is 2.32. The van der Waals surface area contributed by atoms with Crippen LogP contribution in [0, 0.1) is 11.3 Å². The van der Waals surface area contributed by atoms with Gasteiger partial charge in [0.15, 0.2) is 5.96 Å². The van der Waals surface area contributed by atoms with Crippen molar-refractivity contribution in [1.82, 2.24) is 15.5 Å². The Hall–Kier alpha value is -4.16. The van der Waals surface area contributed by atoms with Gasteiger partial charge in [0.25, 0.3) is 0 Å². The van der Waals surface area contributed by atoms with Crippen LogP contribution in [0.4, 0.5) is 0 Å². The molecule has 3 atom stereocenters. The summed E-state index contributed by atoms with van der Waals surface area (Å²) in [6.07, 6.45) is 2.40. The molecule has 0 aromatic heterocycles. The fourth-order valence-electron chi connectivity index (χ4n) is 3.67. The van der Waals surface area contributed by atoms with Gasteiger partial charge in [-0.25, -0.2) is 0 Å². The third kappa shape index (κ3) is 10.8. The summed E-state index contributed by atoms with van der Waals surface area (Å²) in [5, 5.41) is 12.8. The SMILES string of the molecule is CCCCC(NC(=O)C(Cc1ccc(C(=N)N)cc1)C(=O)N(C)C)C(=O)N[C@@H](CCCN=C(N)N)C(N)=O. The molecule has 13 nitrogen and oxygen atoms in total. The molecule has 0 heterocycles. The average Bonchev–Trinajstić information content (AvgIpc) is 2.85. The lowest BCUT2D eigenvalue weighted by atomic mass is 9.95. The van der Waals surface area contributed by atoms with Crippen molar-refractivity contribution in [2.45, 2.75) is 57.5 Å². The van der Waals surface area contributed by atoms with Crippen LogP contribution in [0.3, 0.4) is 0 Å². The molecule has 0 aliphatic carbocycles. The molecule has 210 valence electrons. The molecular formula is C25H41N9O4. The van der Waals surface area contributed by atoms with Crippen molar-refractivity contribution in [1.29, 1.82) is 5.41 Å². The molecule has 13 heteroatoms. The van der Waals surface area contributed by atoms with E-state index in [1.807, 2.05) is 6.92 Å². The lowest BCUT2D eigenvalue weighted by molar-refractivity contribution is -0.142. The minimum Gasteiger partial charge on any atom is -0.384 e. The molecule has 0 aliphatic heterocycles. The van der Waals surface area contributed by atoms with Crippen LogP contribution in [-0.4, -0.2) is 73.0 Å². The summed E-state index contributed by atoms with van der Waals surface area (Å²) < 4.78 is 0. The number of amidine groups is 1. The van der Waals surface area contributed by atoms with Gasteiger partial charge in [0.05, 0.1) is 0 Å². The van der Waals surface area contributed by atoms with Crippen molar-refractivity contribution in [2.24, 2.45) is 33.8 Å². The standard InChI is InChI=1S/C25H41N9O4/c1-4-5-7-19(23(37)32-18(21(28)35)8-6-13-31-25(29)30)33-22(36)17(24(38)34(2)3)14-15-9-11-16(12-10-15)20(26)27/h9-12,17-19H,4-8,13-14H2,1-3H3,(H3,26,27)(H2,28,35)(H,32,37)(H,33,36)(H4,29,30,31)/t17?,18-,19?/m0/s1. The molecule has 1 aromatic rings. The van der Waals surface area contributed by atoms with Crippen LogP contribution in [0.15, 0.2) is 29.3 Å². The summed E-state index contributed by atoms with van der Waals surface area (Å²) in [5.74, 6) is -3.61. The maximum Gasteiger partial charge on any atom is 0.243 e. The van der Waals surface area contributed by atoms with Gasteiger partial charge in [0.2, 0.25) is 23.6 Å². The summed E-state index contributed by atoms with van der Waals surface area (Å²) in [6.45, 7) is 2.20. The zero-order chi connectivity index (χ0) is 28.8. The van der Waals surface area contributed by atoms with Crippen LogP contribution < -0.4 is 33.6 Å². The number of benzene rings is 1. The fraction of sp³-hybridized carbons (Fsp3) is 0.520. The normalized spacial score (nSPS) is 12.9. The molecule has 38 heavy (non-hydrogen) atoms. The first-order valence-electron chi connectivity index (χ1n) is 12.5. The van der Waals surface area contributed by atoms with Crippen molar-refractivity contribution >= 4 is 35.4 Å². The molecule has 0 fully saturated rings. The predicted octanol–water partition coefficient (Wildman–Crippen LogP) is -1.08. The van der Waals surface area contributed by atoms with Gasteiger partial charge < -0.3 is 38.5 Å². The van der Waals surface area contributed by atoms with Crippen LogP contribution in [-0.2, 0) is 25.6 Å². The predicted molar refractivity (Wildman–Crippen MR) is 146 cm³/mol. The smallest absolute Gasteiger partial charge is 0.243 e. The number of carbonyl (C=O) groups excluding carboxylic acids is 4. The Morgan fingerprint density at radius 2 is 1.50 bits per heavy atom. The highest BCUT2D eigenvalue weighted by molar-refractivity contribution is 6.02. The Morgan fingerprint density at radius 3 is 2.00 bits per heavy atom. The lowest BCUT2D eigenvalue weighted by Gasteiger charge is -2.25. The lowest BCUT2D eigenvalue weighted by Crippen LogP contribution is -2.54. The van der Waals surface area contributed by atoms with E-state index < -0.39 is 41.6 Å². The van der Waals surface area contributed by atoms with Crippen LogP contribution in [0.25, 0.3) is 0 Å². The van der Waals surface area contributed by atoms with Gasteiger partial charge in [-0.1, -0.05) is 44.0 Å². The second-order valence-electron chi connectivity index (χ2n) is 9.22. The molecule has 0 saturated carbocycles. The Morgan fingerprint density at radius 1 is 0.921 bits per heavy atom. The van der Waals surface area contributed by atoms with Crippen LogP contribution in [0.5, 0.6) is 0 Å². The summed E-state index contributed by atoms with van der Waals surface area (Å²) in [4.78, 5) is 56.4. The van der Waals surface area contributed by atoms with Crippen LogP contribution >= 0.6 is 0 Å². The number of nitrogens with one attached hydrogen (secondary N) is 3. The van der Waals surface area contributed by atoms with Crippen molar-refractivity contribution < 1.29 is 19.2 Å². The number of guanidine groups is 1. The van der Waals surface area contributed by atoms with Gasteiger partial charge >= 0.3 is 0 Å². The number of nitrogens with two attached hydrogens (primary N) is 4. The van der Waals surface area contributed by atoms with E-state index >= 15 is 0 Å². The molecule has 2 unspecified atom stereocenters. The zero-order valence-electron chi connectivity index (χ0n) is 22.3. The van der Waals surface area contributed by atoms with Gasteiger partial charge in [0.1, 0.15) is 23.8 Å². The number of amides is 4. The highest BCUT2D eigenvalue weighted by atomic mass is 16.2. The van der Waals surface area contributed by atoms with Gasteiger partial charge in [-0.3, -0.25) is 29.6 Å². The monoisotopic (exact) mass is 531 g/mol. The van der Waals surface area contributed by atoms with Crippen LogP contribution in [0.2, 0.25) is 0 Å². The number of hydrogen-bond donors (Lipinski definition) is 7. The summed E-state index contributed by atoms with van der Waals surface area (Å²) in [5.41, 5.74) is 22.8. The molecule has 0 bridgehead atoms. The first kappa shape index (κ1) is 31.9. The van der Waals surface area contributed by atoms with E-state index in [-0.39, 0.29) is 31.2 Å².